The summed E-state index contributed by atoms with van der Waals surface area (Å²) in [5.41, 5.74) is 5.07. The Kier molecular flexibility index (Phi) is 6.74. The SMILES string of the molecule is COc1cc(C=NNc2cccc([N+](=O)[O-])c2)ccc1OS(=O)(=O)c1cc(C)ccc1C. The molecule has 0 heterocycles. The van der Waals surface area contributed by atoms with Gasteiger partial charge in [0.25, 0.3) is 5.69 Å². The van der Waals surface area contributed by atoms with Gasteiger partial charge >= 0.3 is 10.1 Å². The Morgan fingerprint density at radius 2 is 1.81 bits per heavy atom. The van der Waals surface area contributed by atoms with Crippen molar-refractivity contribution >= 4 is 27.7 Å². The van der Waals surface area contributed by atoms with E-state index in [1.165, 1.54) is 31.5 Å². The predicted molar refractivity (Wildman–Crippen MR) is 121 cm³/mol. The molecule has 0 amide bonds. The minimum atomic E-state index is -4.06. The van der Waals surface area contributed by atoms with E-state index in [0.717, 1.165) is 5.56 Å². The average molecular weight is 455 g/mol. The molecule has 3 aromatic carbocycles. The molecule has 3 rings (SSSR count). The second-order valence-electron chi connectivity index (χ2n) is 6.89. The monoisotopic (exact) mass is 455 g/mol. The van der Waals surface area contributed by atoms with Gasteiger partial charge in [0.05, 0.1) is 23.9 Å². The van der Waals surface area contributed by atoms with E-state index < -0.39 is 15.0 Å². The molecule has 0 saturated carbocycles. The zero-order chi connectivity index (χ0) is 23.3. The van der Waals surface area contributed by atoms with Crippen molar-refractivity contribution in [2.24, 2.45) is 5.10 Å². The van der Waals surface area contributed by atoms with Crippen LogP contribution in [0.3, 0.4) is 0 Å². The number of nitro benzene ring substituents is 1. The number of rotatable bonds is 8. The minimum Gasteiger partial charge on any atom is -0.493 e. The molecule has 0 unspecified atom stereocenters. The molecule has 0 spiro atoms. The lowest BCUT2D eigenvalue weighted by atomic mass is 10.2. The maximum absolute atomic E-state index is 12.8. The van der Waals surface area contributed by atoms with E-state index in [0.29, 0.717) is 16.8 Å². The summed E-state index contributed by atoms with van der Waals surface area (Å²) in [6.45, 7) is 3.50. The lowest BCUT2D eigenvalue weighted by molar-refractivity contribution is -0.384. The Morgan fingerprint density at radius 3 is 2.53 bits per heavy atom. The highest BCUT2D eigenvalue weighted by Crippen LogP contribution is 2.31. The zero-order valence-electron chi connectivity index (χ0n) is 17.6. The van der Waals surface area contributed by atoms with Crippen LogP contribution >= 0.6 is 0 Å². The molecule has 10 heteroatoms. The van der Waals surface area contributed by atoms with E-state index in [4.69, 9.17) is 8.92 Å². The fraction of sp³-hybridized carbons (Fsp3) is 0.136. The number of methoxy groups -OCH3 is 1. The van der Waals surface area contributed by atoms with Gasteiger partial charge in [-0.15, -0.1) is 0 Å². The number of anilines is 1. The average Bonchev–Trinajstić information content (AvgIpc) is 2.76. The molecule has 0 bridgehead atoms. The fourth-order valence-electron chi connectivity index (χ4n) is 2.84. The molecule has 0 aromatic heterocycles. The molecule has 0 atom stereocenters. The molecule has 0 saturated heterocycles. The van der Waals surface area contributed by atoms with Crippen LogP contribution in [-0.2, 0) is 10.1 Å². The van der Waals surface area contributed by atoms with Crippen LogP contribution in [0, 0.1) is 24.0 Å². The third-order valence-corrected chi connectivity index (χ3v) is 5.84. The fourth-order valence-corrected chi connectivity index (χ4v) is 4.10. The quantitative estimate of drug-likeness (QED) is 0.231. The summed E-state index contributed by atoms with van der Waals surface area (Å²) in [6.07, 6.45) is 1.46. The van der Waals surface area contributed by atoms with E-state index in [1.54, 1.807) is 50.2 Å². The number of benzene rings is 3. The van der Waals surface area contributed by atoms with Crippen LogP contribution in [-0.4, -0.2) is 26.7 Å². The number of nitrogens with zero attached hydrogens (tertiary/aromatic N) is 2. The van der Waals surface area contributed by atoms with Gasteiger partial charge in [0.15, 0.2) is 11.5 Å². The second kappa shape index (κ2) is 9.48. The van der Waals surface area contributed by atoms with Crippen LogP contribution in [0.5, 0.6) is 11.5 Å². The molecule has 0 aliphatic heterocycles. The van der Waals surface area contributed by atoms with Crippen molar-refractivity contribution in [3.8, 4) is 11.5 Å². The Hall–Kier alpha value is -3.92. The van der Waals surface area contributed by atoms with Crippen molar-refractivity contribution in [1.29, 1.82) is 0 Å². The predicted octanol–water partition coefficient (Wildman–Crippen LogP) is 4.43. The van der Waals surface area contributed by atoms with E-state index in [-0.39, 0.29) is 22.1 Å². The lowest BCUT2D eigenvalue weighted by Crippen LogP contribution is -2.12. The summed E-state index contributed by atoms with van der Waals surface area (Å²) in [7, 11) is -2.66. The molecule has 9 nitrogen and oxygen atoms in total. The van der Waals surface area contributed by atoms with Gasteiger partial charge in [0, 0.05) is 12.1 Å². The summed E-state index contributed by atoms with van der Waals surface area (Å²) in [5, 5.41) is 14.9. The minimum absolute atomic E-state index is 0.0391. The molecule has 0 radical (unpaired) electrons. The summed E-state index contributed by atoms with van der Waals surface area (Å²) in [5.74, 6) is 0.246. The van der Waals surface area contributed by atoms with Crippen LogP contribution in [0.2, 0.25) is 0 Å². The normalized spacial score (nSPS) is 11.3. The highest BCUT2D eigenvalue weighted by molar-refractivity contribution is 7.87. The van der Waals surface area contributed by atoms with Crippen molar-refractivity contribution in [2.75, 3.05) is 12.5 Å². The van der Waals surface area contributed by atoms with Crippen molar-refractivity contribution < 1.29 is 22.3 Å². The van der Waals surface area contributed by atoms with Crippen LogP contribution in [0.15, 0.2) is 70.7 Å². The molecule has 0 aliphatic rings. The maximum atomic E-state index is 12.8. The first-order chi connectivity index (χ1) is 15.2. The molecular weight excluding hydrogens is 434 g/mol. The first kappa shape index (κ1) is 22.8. The number of nitrogens with one attached hydrogen (secondary N) is 1. The van der Waals surface area contributed by atoms with Crippen LogP contribution in [0.1, 0.15) is 16.7 Å². The third-order valence-electron chi connectivity index (χ3n) is 4.46. The third kappa shape index (κ3) is 5.41. The Balaban J connectivity index is 1.78. The standard InChI is InChI=1S/C22H21N3O6S/c1-15-7-8-16(2)22(11-15)32(28,29)31-20-10-9-17(12-21(20)30-3)14-23-24-18-5-4-6-19(13-18)25(26)27/h4-14,24H,1-3H3. The highest BCUT2D eigenvalue weighted by Gasteiger charge is 2.21. The van der Waals surface area contributed by atoms with Gasteiger partial charge in [-0.3, -0.25) is 15.5 Å². The van der Waals surface area contributed by atoms with Gasteiger partial charge in [-0.25, -0.2) is 0 Å². The first-order valence-electron chi connectivity index (χ1n) is 9.43. The lowest BCUT2D eigenvalue weighted by Gasteiger charge is -2.13. The van der Waals surface area contributed by atoms with E-state index in [9.17, 15) is 18.5 Å². The van der Waals surface area contributed by atoms with E-state index in [1.807, 2.05) is 6.07 Å². The number of non-ortho nitro benzene ring substituents is 1. The van der Waals surface area contributed by atoms with Crippen LogP contribution < -0.4 is 14.3 Å². The summed E-state index contributed by atoms with van der Waals surface area (Å²) in [4.78, 5) is 10.4. The number of hydrogen-bond donors (Lipinski definition) is 1. The van der Waals surface area contributed by atoms with Gasteiger partial charge in [-0.1, -0.05) is 18.2 Å². The first-order valence-corrected chi connectivity index (χ1v) is 10.8. The van der Waals surface area contributed by atoms with Crippen molar-refractivity contribution in [3.63, 3.8) is 0 Å². The molecule has 32 heavy (non-hydrogen) atoms. The summed E-state index contributed by atoms with van der Waals surface area (Å²) in [6, 6.07) is 15.6. The van der Waals surface area contributed by atoms with Gasteiger partial charge in [-0.2, -0.15) is 13.5 Å². The molecule has 0 aliphatic carbocycles. The van der Waals surface area contributed by atoms with Gasteiger partial charge in [-0.05, 0) is 60.9 Å². The highest BCUT2D eigenvalue weighted by atomic mass is 32.2. The van der Waals surface area contributed by atoms with Crippen LogP contribution in [0.25, 0.3) is 0 Å². The van der Waals surface area contributed by atoms with Crippen molar-refractivity contribution in [3.05, 3.63) is 87.5 Å². The smallest absolute Gasteiger partial charge is 0.339 e. The second-order valence-corrected chi connectivity index (χ2v) is 8.41. The Bertz CT molecular complexity index is 1290. The largest absolute Gasteiger partial charge is 0.493 e. The zero-order valence-corrected chi connectivity index (χ0v) is 18.4. The summed E-state index contributed by atoms with van der Waals surface area (Å²) >= 11 is 0. The van der Waals surface area contributed by atoms with Gasteiger partial charge in [0.1, 0.15) is 4.90 Å². The number of nitro groups is 1. The topological polar surface area (TPSA) is 120 Å². The number of ether oxygens (including phenoxy) is 1. The Labute approximate surface area is 185 Å². The molecule has 166 valence electrons. The molecule has 0 fully saturated rings. The van der Waals surface area contributed by atoms with E-state index >= 15 is 0 Å². The number of hydrogen-bond acceptors (Lipinski definition) is 8. The van der Waals surface area contributed by atoms with Crippen molar-refractivity contribution in [1.82, 2.24) is 0 Å². The van der Waals surface area contributed by atoms with E-state index in [2.05, 4.69) is 10.5 Å². The van der Waals surface area contributed by atoms with Crippen molar-refractivity contribution in [2.45, 2.75) is 18.7 Å². The molecule has 1 N–H and O–H groups in total. The number of aryl methyl sites for hydroxylation is 2. The van der Waals surface area contributed by atoms with Gasteiger partial charge < -0.3 is 8.92 Å². The summed E-state index contributed by atoms with van der Waals surface area (Å²) < 4.78 is 36.2. The molecule has 3 aromatic rings. The molecular formula is C22H21N3O6S. The number of hydrazone groups is 1. The van der Waals surface area contributed by atoms with Gasteiger partial charge in [0.2, 0.25) is 0 Å². The maximum Gasteiger partial charge on any atom is 0.339 e. The Morgan fingerprint density at radius 1 is 1.03 bits per heavy atom. The van der Waals surface area contributed by atoms with Crippen LogP contribution in [0.4, 0.5) is 11.4 Å².